The molecule has 1 aliphatic rings. The molecule has 0 bridgehead atoms. The molecule has 1 aliphatic carbocycles. The van der Waals surface area contributed by atoms with E-state index >= 15 is 0 Å². The van der Waals surface area contributed by atoms with Gasteiger partial charge in [-0.25, -0.2) is 0 Å². The van der Waals surface area contributed by atoms with Crippen molar-refractivity contribution in [3.63, 3.8) is 0 Å². The maximum absolute atomic E-state index is 10.3. The van der Waals surface area contributed by atoms with Crippen molar-refractivity contribution < 1.29 is 9.90 Å². The first-order valence-corrected chi connectivity index (χ1v) is 7.16. The lowest BCUT2D eigenvalue weighted by Crippen LogP contribution is -2.05. The molecule has 1 rings (SSSR count). The molecule has 0 saturated heterocycles. The Bertz CT molecular complexity index is 227. The van der Waals surface area contributed by atoms with Crippen LogP contribution in [0.25, 0.3) is 0 Å². The number of allylic oxidation sites excluding steroid dienone is 2. The fourth-order valence-corrected chi connectivity index (χ4v) is 2.61. The molecule has 0 unspecified atom stereocenters. The summed E-state index contributed by atoms with van der Waals surface area (Å²) in [6.45, 7) is 0. The highest BCUT2D eigenvalue weighted by molar-refractivity contribution is 5.66. The number of hydrogen-bond donors (Lipinski definition) is 1. The summed E-state index contributed by atoms with van der Waals surface area (Å²) in [6.07, 6.45) is 17.5. The number of carboxylic acids is 1. The molecule has 2 heteroatoms. The minimum Gasteiger partial charge on any atom is -0.481 e. The summed E-state index contributed by atoms with van der Waals surface area (Å²) in [5, 5.41) is 8.46. The summed E-state index contributed by atoms with van der Waals surface area (Å²) in [4.78, 5) is 10.3. The third-order valence-electron chi connectivity index (χ3n) is 3.65. The van der Waals surface area contributed by atoms with Gasteiger partial charge in [0.25, 0.3) is 0 Å². The fourth-order valence-electron chi connectivity index (χ4n) is 2.61. The summed E-state index contributed by atoms with van der Waals surface area (Å²) >= 11 is 0. The Kier molecular flexibility index (Phi) is 7.78. The van der Waals surface area contributed by atoms with Crippen LogP contribution in [-0.4, -0.2) is 11.1 Å². The first-order chi connectivity index (χ1) is 8.29. The van der Waals surface area contributed by atoms with Crippen LogP contribution in [0.5, 0.6) is 0 Å². The molecule has 2 nitrogen and oxygen atoms in total. The highest BCUT2D eigenvalue weighted by Gasteiger charge is 2.11. The SMILES string of the molecule is O=C(O)CCC=CCCCCC1CCCCC1. The zero-order valence-corrected chi connectivity index (χ0v) is 10.9. The van der Waals surface area contributed by atoms with Gasteiger partial charge < -0.3 is 5.11 Å². The van der Waals surface area contributed by atoms with Gasteiger partial charge in [-0.2, -0.15) is 0 Å². The highest BCUT2D eigenvalue weighted by Crippen LogP contribution is 2.27. The van der Waals surface area contributed by atoms with Crippen LogP contribution in [-0.2, 0) is 4.79 Å². The first kappa shape index (κ1) is 14.3. The lowest BCUT2D eigenvalue weighted by atomic mass is 9.85. The lowest BCUT2D eigenvalue weighted by Gasteiger charge is -2.21. The summed E-state index contributed by atoms with van der Waals surface area (Å²) in [5.41, 5.74) is 0. The van der Waals surface area contributed by atoms with Gasteiger partial charge in [0, 0.05) is 6.42 Å². The van der Waals surface area contributed by atoms with E-state index < -0.39 is 5.97 Å². The van der Waals surface area contributed by atoms with Crippen molar-refractivity contribution in [1.29, 1.82) is 0 Å². The molecular formula is C15H26O2. The molecule has 0 aliphatic heterocycles. The Morgan fingerprint density at radius 1 is 1.06 bits per heavy atom. The van der Waals surface area contributed by atoms with Crippen molar-refractivity contribution in [2.75, 3.05) is 0 Å². The maximum atomic E-state index is 10.3. The van der Waals surface area contributed by atoms with Crippen LogP contribution in [0.1, 0.15) is 70.6 Å². The second kappa shape index (κ2) is 9.26. The fraction of sp³-hybridized carbons (Fsp3) is 0.800. The second-order valence-electron chi connectivity index (χ2n) is 5.19. The summed E-state index contributed by atoms with van der Waals surface area (Å²) in [5.74, 6) is 0.298. The third kappa shape index (κ3) is 8.00. The number of rotatable bonds is 8. The van der Waals surface area contributed by atoms with E-state index in [1.807, 2.05) is 6.08 Å². The van der Waals surface area contributed by atoms with Gasteiger partial charge in [0.2, 0.25) is 0 Å². The Morgan fingerprint density at radius 3 is 2.47 bits per heavy atom. The van der Waals surface area contributed by atoms with Crippen molar-refractivity contribution in [3.8, 4) is 0 Å². The van der Waals surface area contributed by atoms with E-state index in [1.165, 1.54) is 51.4 Å². The van der Waals surface area contributed by atoms with Gasteiger partial charge in [0.05, 0.1) is 0 Å². The molecule has 0 spiro atoms. The first-order valence-electron chi connectivity index (χ1n) is 7.16. The molecule has 1 saturated carbocycles. The van der Waals surface area contributed by atoms with Gasteiger partial charge in [-0.05, 0) is 25.2 Å². The molecule has 0 aromatic carbocycles. The van der Waals surface area contributed by atoms with Gasteiger partial charge in [0.15, 0.2) is 0 Å². The molecule has 1 N–H and O–H groups in total. The predicted molar refractivity (Wildman–Crippen MR) is 71.1 cm³/mol. The van der Waals surface area contributed by atoms with Crippen molar-refractivity contribution in [2.24, 2.45) is 5.92 Å². The molecule has 0 amide bonds. The molecule has 0 atom stereocenters. The number of carboxylic acid groups (broad SMARTS) is 1. The van der Waals surface area contributed by atoms with E-state index in [2.05, 4.69) is 6.08 Å². The van der Waals surface area contributed by atoms with Crippen LogP contribution >= 0.6 is 0 Å². The topological polar surface area (TPSA) is 37.3 Å². The molecule has 0 aromatic rings. The number of unbranched alkanes of at least 4 members (excludes halogenated alkanes) is 2. The monoisotopic (exact) mass is 238 g/mol. The highest BCUT2D eigenvalue weighted by atomic mass is 16.4. The Balaban J connectivity index is 1.88. The zero-order valence-electron chi connectivity index (χ0n) is 10.9. The van der Waals surface area contributed by atoms with E-state index in [0.717, 1.165) is 12.3 Å². The lowest BCUT2D eigenvalue weighted by molar-refractivity contribution is -0.136. The van der Waals surface area contributed by atoms with E-state index in [0.29, 0.717) is 6.42 Å². The molecular weight excluding hydrogens is 212 g/mol. The van der Waals surface area contributed by atoms with Crippen LogP contribution in [0.2, 0.25) is 0 Å². The summed E-state index contributed by atoms with van der Waals surface area (Å²) in [7, 11) is 0. The molecule has 1 fully saturated rings. The quantitative estimate of drug-likeness (QED) is 0.497. The standard InChI is InChI=1S/C15H26O2/c16-15(17)13-9-4-2-1-3-6-10-14-11-7-5-8-12-14/h2,4,14H,1,3,5-13H2,(H,16,17). The Hall–Kier alpha value is -0.790. The average Bonchev–Trinajstić information content (AvgIpc) is 2.33. The molecule has 0 aromatic heterocycles. The average molecular weight is 238 g/mol. The van der Waals surface area contributed by atoms with Gasteiger partial charge in [-0.15, -0.1) is 0 Å². The number of carbonyl (C=O) groups is 1. The van der Waals surface area contributed by atoms with Gasteiger partial charge >= 0.3 is 5.97 Å². The Labute approximate surface area is 105 Å². The zero-order chi connectivity index (χ0) is 12.3. The number of hydrogen-bond acceptors (Lipinski definition) is 1. The van der Waals surface area contributed by atoms with Crippen LogP contribution < -0.4 is 0 Å². The Morgan fingerprint density at radius 2 is 1.76 bits per heavy atom. The summed E-state index contributed by atoms with van der Waals surface area (Å²) < 4.78 is 0. The van der Waals surface area contributed by atoms with Crippen LogP contribution in [0.4, 0.5) is 0 Å². The predicted octanol–water partition coefficient (Wildman–Crippen LogP) is 4.55. The second-order valence-corrected chi connectivity index (χ2v) is 5.19. The van der Waals surface area contributed by atoms with Crippen molar-refractivity contribution >= 4 is 5.97 Å². The summed E-state index contributed by atoms with van der Waals surface area (Å²) in [6, 6.07) is 0. The van der Waals surface area contributed by atoms with E-state index in [1.54, 1.807) is 0 Å². The number of aliphatic carboxylic acids is 1. The molecule has 98 valence electrons. The van der Waals surface area contributed by atoms with Crippen molar-refractivity contribution in [1.82, 2.24) is 0 Å². The minimum absolute atomic E-state index is 0.262. The van der Waals surface area contributed by atoms with E-state index in [-0.39, 0.29) is 6.42 Å². The molecule has 17 heavy (non-hydrogen) atoms. The molecule has 0 heterocycles. The van der Waals surface area contributed by atoms with Gasteiger partial charge in [-0.1, -0.05) is 57.1 Å². The molecule has 0 radical (unpaired) electrons. The smallest absolute Gasteiger partial charge is 0.303 e. The van der Waals surface area contributed by atoms with E-state index in [9.17, 15) is 4.79 Å². The van der Waals surface area contributed by atoms with Crippen LogP contribution in [0, 0.1) is 5.92 Å². The van der Waals surface area contributed by atoms with Gasteiger partial charge in [-0.3, -0.25) is 4.79 Å². The minimum atomic E-state index is -0.702. The normalized spacial score (nSPS) is 17.6. The third-order valence-corrected chi connectivity index (χ3v) is 3.65. The van der Waals surface area contributed by atoms with E-state index in [4.69, 9.17) is 5.11 Å². The van der Waals surface area contributed by atoms with Gasteiger partial charge in [0.1, 0.15) is 0 Å². The maximum Gasteiger partial charge on any atom is 0.303 e. The largest absolute Gasteiger partial charge is 0.481 e. The van der Waals surface area contributed by atoms with Crippen molar-refractivity contribution in [2.45, 2.75) is 70.6 Å². The van der Waals surface area contributed by atoms with Crippen molar-refractivity contribution in [3.05, 3.63) is 12.2 Å². The van der Waals surface area contributed by atoms with Crippen LogP contribution in [0.15, 0.2) is 12.2 Å². The van der Waals surface area contributed by atoms with Crippen LogP contribution in [0.3, 0.4) is 0 Å².